The van der Waals surface area contributed by atoms with E-state index in [-0.39, 0.29) is 0 Å². The van der Waals surface area contributed by atoms with Crippen molar-refractivity contribution < 1.29 is 4.74 Å². The summed E-state index contributed by atoms with van der Waals surface area (Å²) in [4.78, 5) is 0. The summed E-state index contributed by atoms with van der Waals surface area (Å²) in [5.74, 6) is 1.62. The SMILES string of the molecule is CC[C@H](C)CNc1ccc(OC)cc1. The van der Waals surface area contributed by atoms with Gasteiger partial charge in [0, 0.05) is 12.2 Å². The monoisotopic (exact) mass is 193 g/mol. The molecular formula is C12H19NO. The van der Waals surface area contributed by atoms with Gasteiger partial charge in [0.1, 0.15) is 5.75 Å². The van der Waals surface area contributed by atoms with Crippen LogP contribution in [0.25, 0.3) is 0 Å². The van der Waals surface area contributed by atoms with Crippen LogP contribution in [0.4, 0.5) is 5.69 Å². The number of methoxy groups -OCH3 is 1. The average Bonchev–Trinajstić information content (AvgIpc) is 2.26. The van der Waals surface area contributed by atoms with Crippen LogP contribution in [-0.2, 0) is 0 Å². The van der Waals surface area contributed by atoms with Gasteiger partial charge in [0.05, 0.1) is 7.11 Å². The van der Waals surface area contributed by atoms with Gasteiger partial charge in [-0.2, -0.15) is 0 Å². The van der Waals surface area contributed by atoms with Crippen molar-refractivity contribution in [3.63, 3.8) is 0 Å². The van der Waals surface area contributed by atoms with Gasteiger partial charge < -0.3 is 10.1 Å². The van der Waals surface area contributed by atoms with Gasteiger partial charge in [0.15, 0.2) is 0 Å². The molecule has 0 bridgehead atoms. The lowest BCUT2D eigenvalue weighted by atomic mass is 10.1. The number of nitrogens with one attached hydrogen (secondary N) is 1. The Hall–Kier alpha value is -1.18. The van der Waals surface area contributed by atoms with Gasteiger partial charge in [-0.3, -0.25) is 0 Å². The molecule has 2 nitrogen and oxygen atoms in total. The van der Waals surface area contributed by atoms with E-state index in [1.165, 1.54) is 6.42 Å². The van der Waals surface area contributed by atoms with Crippen LogP contribution in [0.2, 0.25) is 0 Å². The molecule has 1 aromatic rings. The molecule has 1 aromatic carbocycles. The zero-order valence-corrected chi connectivity index (χ0v) is 9.21. The Morgan fingerprint density at radius 1 is 1.29 bits per heavy atom. The molecule has 14 heavy (non-hydrogen) atoms. The summed E-state index contributed by atoms with van der Waals surface area (Å²) in [6.07, 6.45) is 1.21. The Bertz CT molecular complexity index is 256. The molecule has 0 unspecified atom stereocenters. The molecule has 1 N–H and O–H groups in total. The summed E-state index contributed by atoms with van der Waals surface area (Å²) in [7, 11) is 1.68. The normalized spacial score (nSPS) is 12.2. The summed E-state index contributed by atoms with van der Waals surface area (Å²) in [5.41, 5.74) is 1.16. The summed E-state index contributed by atoms with van der Waals surface area (Å²) in [5, 5.41) is 3.39. The predicted octanol–water partition coefficient (Wildman–Crippen LogP) is 3.15. The fourth-order valence-electron chi connectivity index (χ4n) is 1.15. The number of rotatable bonds is 5. The van der Waals surface area contributed by atoms with E-state index in [1.54, 1.807) is 7.11 Å². The Morgan fingerprint density at radius 2 is 1.93 bits per heavy atom. The molecule has 0 radical (unpaired) electrons. The summed E-state index contributed by atoms with van der Waals surface area (Å²) >= 11 is 0. The van der Waals surface area contributed by atoms with Crippen LogP contribution in [0.15, 0.2) is 24.3 Å². The number of hydrogen-bond acceptors (Lipinski definition) is 2. The Labute approximate surface area is 86.3 Å². The Morgan fingerprint density at radius 3 is 2.43 bits per heavy atom. The van der Waals surface area contributed by atoms with Gasteiger partial charge in [0.2, 0.25) is 0 Å². The molecule has 0 spiro atoms. The lowest BCUT2D eigenvalue weighted by molar-refractivity contribution is 0.415. The second kappa shape index (κ2) is 5.53. The number of benzene rings is 1. The van der Waals surface area contributed by atoms with Crippen molar-refractivity contribution in [2.24, 2.45) is 5.92 Å². The molecular weight excluding hydrogens is 174 g/mol. The second-order valence-corrected chi connectivity index (χ2v) is 3.62. The van der Waals surface area contributed by atoms with E-state index in [1.807, 2.05) is 24.3 Å². The first kappa shape index (κ1) is 10.9. The molecule has 78 valence electrons. The Balaban J connectivity index is 2.43. The average molecular weight is 193 g/mol. The first-order chi connectivity index (χ1) is 6.76. The molecule has 0 saturated carbocycles. The van der Waals surface area contributed by atoms with E-state index in [4.69, 9.17) is 4.74 Å². The predicted molar refractivity (Wildman–Crippen MR) is 60.9 cm³/mol. The van der Waals surface area contributed by atoms with Gasteiger partial charge >= 0.3 is 0 Å². The summed E-state index contributed by atoms with van der Waals surface area (Å²) in [6, 6.07) is 8.03. The van der Waals surface area contributed by atoms with Gasteiger partial charge in [-0.15, -0.1) is 0 Å². The lowest BCUT2D eigenvalue weighted by Gasteiger charge is -2.11. The summed E-state index contributed by atoms with van der Waals surface area (Å²) < 4.78 is 5.09. The van der Waals surface area contributed by atoms with Crippen LogP contribution >= 0.6 is 0 Å². The quantitative estimate of drug-likeness (QED) is 0.775. The van der Waals surface area contributed by atoms with Crippen molar-refractivity contribution in [3.8, 4) is 5.75 Å². The highest BCUT2D eigenvalue weighted by Gasteiger charge is 1.98. The van der Waals surface area contributed by atoms with Gasteiger partial charge in [-0.25, -0.2) is 0 Å². The van der Waals surface area contributed by atoms with E-state index in [0.717, 1.165) is 23.9 Å². The minimum atomic E-state index is 0.720. The molecule has 0 aliphatic carbocycles. The number of ether oxygens (including phenoxy) is 1. The van der Waals surface area contributed by atoms with Crippen LogP contribution in [0.1, 0.15) is 20.3 Å². The first-order valence-corrected chi connectivity index (χ1v) is 5.14. The molecule has 1 atom stereocenters. The van der Waals surface area contributed by atoms with Gasteiger partial charge in [-0.05, 0) is 30.2 Å². The van der Waals surface area contributed by atoms with Crippen molar-refractivity contribution in [2.75, 3.05) is 19.0 Å². The Kier molecular flexibility index (Phi) is 4.30. The third-order valence-corrected chi connectivity index (χ3v) is 2.44. The minimum absolute atomic E-state index is 0.720. The van der Waals surface area contributed by atoms with Gasteiger partial charge in [0.25, 0.3) is 0 Å². The highest BCUT2D eigenvalue weighted by Crippen LogP contribution is 2.15. The molecule has 0 heterocycles. The van der Waals surface area contributed by atoms with E-state index in [9.17, 15) is 0 Å². The van der Waals surface area contributed by atoms with Crippen molar-refractivity contribution in [3.05, 3.63) is 24.3 Å². The third kappa shape index (κ3) is 3.29. The zero-order chi connectivity index (χ0) is 10.4. The standard InChI is InChI=1S/C12H19NO/c1-4-10(2)9-13-11-5-7-12(14-3)8-6-11/h5-8,10,13H,4,9H2,1-3H3/t10-/m0/s1. The van der Waals surface area contributed by atoms with E-state index in [2.05, 4.69) is 19.2 Å². The van der Waals surface area contributed by atoms with E-state index < -0.39 is 0 Å². The maximum absolute atomic E-state index is 5.09. The van der Waals surface area contributed by atoms with Crippen LogP contribution in [-0.4, -0.2) is 13.7 Å². The molecule has 2 heteroatoms. The smallest absolute Gasteiger partial charge is 0.119 e. The van der Waals surface area contributed by atoms with Crippen LogP contribution in [0, 0.1) is 5.92 Å². The highest BCUT2D eigenvalue weighted by molar-refractivity contribution is 5.46. The fraction of sp³-hybridized carbons (Fsp3) is 0.500. The van der Waals surface area contributed by atoms with Crippen molar-refractivity contribution in [1.29, 1.82) is 0 Å². The summed E-state index contributed by atoms with van der Waals surface area (Å²) in [6.45, 7) is 5.49. The van der Waals surface area contributed by atoms with Crippen molar-refractivity contribution in [2.45, 2.75) is 20.3 Å². The molecule has 0 aromatic heterocycles. The van der Waals surface area contributed by atoms with Crippen molar-refractivity contribution >= 4 is 5.69 Å². The maximum atomic E-state index is 5.09. The van der Waals surface area contributed by atoms with Crippen LogP contribution < -0.4 is 10.1 Å². The molecule has 0 aliphatic heterocycles. The van der Waals surface area contributed by atoms with Crippen molar-refractivity contribution in [1.82, 2.24) is 0 Å². The van der Waals surface area contributed by atoms with Crippen LogP contribution in [0.5, 0.6) is 5.75 Å². The maximum Gasteiger partial charge on any atom is 0.119 e. The van der Waals surface area contributed by atoms with E-state index >= 15 is 0 Å². The molecule has 0 aliphatic rings. The van der Waals surface area contributed by atoms with E-state index in [0.29, 0.717) is 0 Å². The third-order valence-electron chi connectivity index (χ3n) is 2.44. The minimum Gasteiger partial charge on any atom is -0.497 e. The second-order valence-electron chi connectivity index (χ2n) is 3.62. The molecule has 0 fully saturated rings. The fourth-order valence-corrected chi connectivity index (χ4v) is 1.15. The number of hydrogen-bond donors (Lipinski definition) is 1. The largest absolute Gasteiger partial charge is 0.497 e. The molecule has 1 rings (SSSR count). The topological polar surface area (TPSA) is 21.3 Å². The van der Waals surface area contributed by atoms with Crippen LogP contribution in [0.3, 0.4) is 0 Å². The number of anilines is 1. The zero-order valence-electron chi connectivity index (χ0n) is 9.21. The molecule has 0 saturated heterocycles. The lowest BCUT2D eigenvalue weighted by Crippen LogP contribution is -2.09. The van der Waals surface area contributed by atoms with Gasteiger partial charge in [-0.1, -0.05) is 20.3 Å². The first-order valence-electron chi connectivity index (χ1n) is 5.14. The highest BCUT2D eigenvalue weighted by atomic mass is 16.5. The molecule has 0 amide bonds.